The van der Waals surface area contributed by atoms with Gasteiger partial charge in [-0.1, -0.05) is 139 Å². The van der Waals surface area contributed by atoms with E-state index in [9.17, 15) is 9.59 Å². The van der Waals surface area contributed by atoms with E-state index in [0.717, 1.165) is 107 Å². The van der Waals surface area contributed by atoms with Crippen LogP contribution in [0.3, 0.4) is 0 Å². The van der Waals surface area contributed by atoms with Crippen molar-refractivity contribution in [3.63, 3.8) is 0 Å². The van der Waals surface area contributed by atoms with E-state index in [-0.39, 0.29) is 10.9 Å². The lowest BCUT2D eigenvalue weighted by Gasteiger charge is -2.24. The molecule has 4 nitrogen and oxygen atoms in total. The molecular formula is C48H52N2O2. The molecule has 2 atom stereocenters. The molecule has 7 rings (SSSR count). The first-order valence-corrected chi connectivity index (χ1v) is 19.7. The molecule has 0 saturated carbocycles. The Morgan fingerprint density at radius 3 is 1.19 bits per heavy atom. The molecule has 266 valence electrons. The van der Waals surface area contributed by atoms with Crippen LogP contribution in [0.15, 0.2) is 119 Å². The van der Waals surface area contributed by atoms with Gasteiger partial charge >= 0.3 is 0 Å². The third-order valence-corrected chi connectivity index (χ3v) is 11.4. The summed E-state index contributed by atoms with van der Waals surface area (Å²) in [4.78, 5) is 29.6. The van der Waals surface area contributed by atoms with Crippen molar-refractivity contribution in [2.45, 2.75) is 92.2 Å². The van der Waals surface area contributed by atoms with Gasteiger partial charge in [0.2, 0.25) is 0 Å². The first kappa shape index (κ1) is 35.4. The van der Waals surface area contributed by atoms with Gasteiger partial charge in [0.05, 0.1) is 22.1 Å². The second-order valence-electron chi connectivity index (χ2n) is 14.8. The maximum atomic E-state index is 14.8. The highest BCUT2D eigenvalue weighted by molar-refractivity contribution is 6.04. The Kier molecular flexibility index (Phi) is 10.7. The number of fused-ring (bicyclic) bond motifs is 4. The van der Waals surface area contributed by atoms with Crippen LogP contribution in [0.25, 0.3) is 65.9 Å². The van der Waals surface area contributed by atoms with E-state index in [1.807, 2.05) is 36.4 Å². The average molecular weight is 689 g/mol. The maximum Gasteiger partial charge on any atom is 0.197 e. The van der Waals surface area contributed by atoms with Crippen LogP contribution in [-0.4, -0.2) is 9.13 Å². The lowest BCUT2D eigenvalue weighted by Crippen LogP contribution is -2.19. The minimum atomic E-state index is 0.0269. The summed E-state index contributed by atoms with van der Waals surface area (Å²) in [7, 11) is 0. The summed E-state index contributed by atoms with van der Waals surface area (Å²) in [5.41, 5.74) is 7.89. The number of pyridine rings is 2. The number of hydrogen-bond acceptors (Lipinski definition) is 2. The number of hydrogen-bond donors (Lipinski definition) is 0. The molecule has 2 aromatic heterocycles. The summed E-state index contributed by atoms with van der Waals surface area (Å²) in [5.74, 6) is 0.924. The highest BCUT2D eigenvalue weighted by Crippen LogP contribution is 2.32. The number of rotatable bonds is 14. The average Bonchev–Trinajstić information content (AvgIpc) is 3.20. The molecule has 0 N–H and O–H groups in total. The van der Waals surface area contributed by atoms with E-state index in [1.165, 1.54) is 12.8 Å². The van der Waals surface area contributed by atoms with Crippen molar-refractivity contribution in [3.05, 3.63) is 130 Å². The predicted molar refractivity (Wildman–Crippen MR) is 222 cm³/mol. The SMILES string of the molecule is CCCCC(CC)Cn1c2ccc(-c3ccccc3)cc2c(=O)c2cc3c(cc21)c(=O)c1cc(-c2ccccc2)ccc1n3CC(CC)CCCC. The summed E-state index contributed by atoms with van der Waals surface area (Å²) >= 11 is 0. The minimum absolute atomic E-state index is 0.0269. The molecular weight excluding hydrogens is 637 g/mol. The maximum absolute atomic E-state index is 14.8. The highest BCUT2D eigenvalue weighted by atomic mass is 16.1. The summed E-state index contributed by atoms with van der Waals surface area (Å²) in [6.07, 6.45) is 9.03. The third kappa shape index (κ3) is 6.84. The zero-order chi connectivity index (χ0) is 36.2. The van der Waals surface area contributed by atoms with Gasteiger partial charge in [-0.15, -0.1) is 0 Å². The molecule has 2 unspecified atom stereocenters. The van der Waals surface area contributed by atoms with Crippen molar-refractivity contribution in [2.75, 3.05) is 0 Å². The smallest absolute Gasteiger partial charge is 0.197 e. The van der Waals surface area contributed by atoms with Crippen molar-refractivity contribution >= 4 is 43.6 Å². The lowest BCUT2D eigenvalue weighted by molar-refractivity contribution is 0.400. The van der Waals surface area contributed by atoms with Crippen molar-refractivity contribution in [2.24, 2.45) is 11.8 Å². The van der Waals surface area contributed by atoms with Crippen LogP contribution in [-0.2, 0) is 13.1 Å². The van der Waals surface area contributed by atoms with Crippen LogP contribution in [0.5, 0.6) is 0 Å². The van der Waals surface area contributed by atoms with Gasteiger partial charge in [0, 0.05) is 34.6 Å². The molecule has 52 heavy (non-hydrogen) atoms. The minimum Gasteiger partial charge on any atom is -0.340 e. The fourth-order valence-corrected chi connectivity index (χ4v) is 8.21. The summed E-state index contributed by atoms with van der Waals surface area (Å²) in [5, 5.41) is 2.83. The van der Waals surface area contributed by atoms with Crippen molar-refractivity contribution in [3.8, 4) is 22.3 Å². The van der Waals surface area contributed by atoms with E-state index >= 15 is 0 Å². The second kappa shape index (κ2) is 15.7. The third-order valence-electron chi connectivity index (χ3n) is 11.4. The molecule has 0 radical (unpaired) electrons. The van der Waals surface area contributed by atoms with E-state index < -0.39 is 0 Å². The molecule has 5 aromatic carbocycles. The van der Waals surface area contributed by atoms with Gasteiger partial charge in [-0.05, 0) is 83.3 Å². The first-order chi connectivity index (χ1) is 25.4. The fraction of sp³-hybridized carbons (Fsp3) is 0.333. The van der Waals surface area contributed by atoms with E-state index in [4.69, 9.17) is 0 Å². The fourth-order valence-electron chi connectivity index (χ4n) is 8.21. The Morgan fingerprint density at radius 2 is 0.827 bits per heavy atom. The van der Waals surface area contributed by atoms with Gasteiger partial charge in [-0.2, -0.15) is 0 Å². The topological polar surface area (TPSA) is 44.0 Å². The van der Waals surface area contributed by atoms with Gasteiger partial charge in [-0.25, -0.2) is 0 Å². The molecule has 0 saturated heterocycles. The Labute approximate surface area is 307 Å². The Morgan fingerprint density at radius 1 is 0.442 bits per heavy atom. The zero-order valence-corrected chi connectivity index (χ0v) is 31.3. The van der Waals surface area contributed by atoms with E-state index in [2.05, 4.69) is 110 Å². The molecule has 0 fully saturated rings. The van der Waals surface area contributed by atoms with Gasteiger partial charge in [0.25, 0.3) is 0 Å². The number of benzene rings is 5. The van der Waals surface area contributed by atoms with Crippen molar-refractivity contribution in [1.29, 1.82) is 0 Å². The van der Waals surface area contributed by atoms with Crippen LogP contribution >= 0.6 is 0 Å². The van der Waals surface area contributed by atoms with Gasteiger partial charge in [-0.3, -0.25) is 9.59 Å². The predicted octanol–water partition coefficient (Wildman–Crippen LogP) is 12.4. The van der Waals surface area contributed by atoms with Gasteiger partial charge in [0.15, 0.2) is 10.9 Å². The number of nitrogens with zero attached hydrogens (tertiary/aromatic N) is 2. The monoisotopic (exact) mass is 688 g/mol. The molecule has 2 heterocycles. The Balaban J connectivity index is 1.56. The van der Waals surface area contributed by atoms with Crippen LogP contribution in [0.1, 0.15) is 79.1 Å². The molecule has 7 aromatic rings. The quantitative estimate of drug-likeness (QED) is 0.107. The second-order valence-corrected chi connectivity index (χ2v) is 14.8. The highest BCUT2D eigenvalue weighted by Gasteiger charge is 2.21. The van der Waals surface area contributed by atoms with Crippen LogP contribution in [0.4, 0.5) is 0 Å². The molecule has 0 amide bonds. The summed E-state index contributed by atoms with van der Waals surface area (Å²) < 4.78 is 4.71. The number of aromatic nitrogens is 2. The first-order valence-electron chi connectivity index (χ1n) is 19.7. The molecule has 0 aliphatic rings. The van der Waals surface area contributed by atoms with Gasteiger partial charge < -0.3 is 9.13 Å². The van der Waals surface area contributed by atoms with Crippen molar-refractivity contribution in [1.82, 2.24) is 9.13 Å². The Bertz CT molecular complexity index is 2280. The van der Waals surface area contributed by atoms with Gasteiger partial charge in [0.1, 0.15) is 0 Å². The summed E-state index contributed by atoms with van der Waals surface area (Å²) in [6, 6.07) is 37.4. The molecule has 0 aliphatic carbocycles. The van der Waals surface area contributed by atoms with E-state index in [0.29, 0.717) is 22.6 Å². The molecule has 0 spiro atoms. The van der Waals surface area contributed by atoms with Crippen LogP contribution in [0, 0.1) is 11.8 Å². The molecule has 0 bridgehead atoms. The standard InChI is InChI=1S/C48H52N2O2/c1-5-9-17-33(7-3)31-49-43-25-23-37(35-19-13-11-14-20-35)27-39(43)47(51)41-30-46-42(29-45(41)49)48(52)40-28-38(36-21-15-12-16-22-36)24-26-44(40)50(46)32-34(8-4)18-10-6-2/h11-16,19-30,33-34H,5-10,17-18,31-32H2,1-4H3. The zero-order valence-electron chi connectivity index (χ0n) is 31.3. The summed E-state index contributed by atoms with van der Waals surface area (Å²) in [6.45, 7) is 10.6. The number of unbranched alkanes of at least 4 members (excludes halogenated alkanes) is 2. The van der Waals surface area contributed by atoms with E-state index in [1.54, 1.807) is 0 Å². The normalized spacial score (nSPS) is 13.0. The largest absolute Gasteiger partial charge is 0.340 e. The van der Waals surface area contributed by atoms with Crippen LogP contribution in [0.2, 0.25) is 0 Å². The Hall–Kier alpha value is -4.96. The molecule has 0 aliphatic heterocycles. The van der Waals surface area contributed by atoms with Crippen LogP contribution < -0.4 is 10.9 Å². The van der Waals surface area contributed by atoms with Crippen molar-refractivity contribution < 1.29 is 0 Å². The lowest BCUT2D eigenvalue weighted by atomic mass is 9.96. The molecule has 4 heteroatoms.